The Labute approximate surface area is 87.0 Å². The number of rotatable bonds is 7. The average molecular weight is 222 g/mol. The zero-order chi connectivity index (χ0) is 10.3. The molecule has 0 heterocycles. The monoisotopic (exact) mass is 222 g/mol. The van der Waals surface area contributed by atoms with Gasteiger partial charge in [-0.15, -0.1) is 0 Å². The number of hydrogen-bond donors (Lipinski definition) is 0. The van der Waals surface area contributed by atoms with Crippen LogP contribution >= 0.6 is 0 Å². The Balaban J connectivity index is 4.38. The third-order valence-electron chi connectivity index (χ3n) is 1.74. The highest BCUT2D eigenvalue weighted by molar-refractivity contribution is 6.36. The first kappa shape index (κ1) is 13.3. The molecule has 0 spiro atoms. The van der Waals surface area contributed by atoms with Crippen LogP contribution in [0.4, 0.5) is 0 Å². The minimum atomic E-state index is -0.726. The molecule has 80 valence electrons. The van der Waals surface area contributed by atoms with Crippen molar-refractivity contribution in [1.29, 1.82) is 0 Å². The maximum Gasteiger partial charge on any atom is 0.279 e. The standard InChI is InChI=1S/C8H22O3Si2/c1-4-9-8(7(12)13,10-5-2)11-6-3/h7H,4-6H2,1-3,12-13H3. The van der Waals surface area contributed by atoms with Gasteiger partial charge in [0.15, 0.2) is 0 Å². The Hall–Kier alpha value is 0.314. The topological polar surface area (TPSA) is 27.7 Å². The van der Waals surface area contributed by atoms with Crippen molar-refractivity contribution in [3.8, 4) is 0 Å². The summed E-state index contributed by atoms with van der Waals surface area (Å²) in [6, 6.07) is 0. The van der Waals surface area contributed by atoms with E-state index in [9.17, 15) is 0 Å². The van der Waals surface area contributed by atoms with Crippen LogP contribution in [0.25, 0.3) is 0 Å². The van der Waals surface area contributed by atoms with E-state index in [2.05, 4.69) is 0 Å². The molecule has 0 aliphatic heterocycles. The first-order valence-electron chi connectivity index (χ1n) is 5.04. The van der Waals surface area contributed by atoms with Gasteiger partial charge in [-0.25, -0.2) is 0 Å². The molecule has 0 unspecified atom stereocenters. The molecular weight excluding hydrogens is 200 g/mol. The first-order chi connectivity index (χ1) is 6.13. The summed E-state index contributed by atoms with van der Waals surface area (Å²) in [6.45, 7) is 7.83. The Kier molecular flexibility index (Phi) is 6.88. The molecule has 0 atom stereocenters. The lowest BCUT2D eigenvalue weighted by Crippen LogP contribution is -2.44. The van der Waals surface area contributed by atoms with Gasteiger partial charge in [-0.3, -0.25) is 0 Å². The largest absolute Gasteiger partial charge is 0.328 e. The molecule has 13 heavy (non-hydrogen) atoms. The summed E-state index contributed by atoms with van der Waals surface area (Å²) >= 11 is 0. The smallest absolute Gasteiger partial charge is 0.279 e. The molecule has 0 fully saturated rings. The van der Waals surface area contributed by atoms with Crippen LogP contribution in [0.1, 0.15) is 20.8 Å². The molecular formula is C8H22O3Si2. The SMILES string of the molecule is CCOC(OCC)(OCC)C([SiH3])[SiH3]. The van der Waals surface area contributed by atoms with Gasteiger partial charge >= 0.3 is 0 Å². The number of hydrogen-bond acceptors (Lipinski definition) is 3. The van der Waals surface area contributed by atoms with Gasteiger partial charge in [-0.05, 0) is 20.8 Å². The van der Waals surface area contributed by atoms with Gasteiger partial charge in [-0.2, -0.15) is 0 Å². The van der Waals surface area contributed by atoms with Crippen molar-refractivity contribution in [2.24, 2.45) is 0 Å². The van der Waals surface area contributed by atoms with Crippen molar-refractivity contribution in [3.05, 3.63) is 0 Å². The van der Waals surface area contributed by atoms with Crippen LogP contribution in [-0.4, -0.2) is 46.3 Å². The summed E-state index contributed by atoms with van der Waals surface area (Å²) in [7, 11) is 2.11. The van der Waals surface area contributed by atoms with Crippen molar-refractivity contribution < 1.29 is 14.2 Å². The van der Waals surface area contributed by atoms with Crippen LogP contribution in [0.3, 0.4) is 0 Å². The highest BCUT2D eigenvalue weighted by Gasteiger charge is 2.36. The fraction of sp³-hybridized carbons (Fsp3) is 1.00. The Morgan fingerprint density at radius 2 is 1.23 bits per heavy atom. The minimum absolute atomic E-state index is 0.465. The van der Waals surface area contributed by atoms with Crippen LogP contribution in [0.5, 0.6) is 0 Å². The zero-order valence-electron chi connectivity index (χ0n) is 9.42. The maximum absolute atomic E-state index is 5.60. The van der Waals surface area contributed by atoms with Gasteiger partial charge in [0.2, 0.25) is 0 Å². The molecule has 0 bridgehead atoms. The van der Waals surface area contributed by atoms with Gasteiger partial charge in [0.1, 0.15) is 0 Å². The summed E-state index contributed by atoms with van der Waals surface area (Å²) < 4.78 is 16.8. The molecule has 0 aromatic heterocycles. The molecule has 0 amide bonds. The van der Waals surface area contributed by atoms with Gasteiger partial charge in [-0.1, -0.05) is 0 Å². The lowest BCUT2D eigenvalue weighted by Gasteiger charge is -2.35. The highest BCUT2D eigenvalue weighted by atomic mass is 28.2. The van der Waals surface area contributed by atoms with Gasteiger partial charge in [0.25, 0.3) is 5.97 Å². The lowest BCUT2D eigenvalue weighted by molar-refractivity contribution is -0.370. The van der Waals surface area contributed by atoms with Gasteiger partial charge in [0, 0.05) is 45.5 Å². The average Bonchev–Trinajstić information content (AvgIpc) is 2.05. The van der Waals surface area contributed by atoms with Crippen molar-refractivity contribution in [3.63, 3.8) is 0 Å². The fourth-order valence-electron chi connectivity index (χ4n) is 1.23. The van der Waals surface area contributed by atoms with Crippen molar-refractivity contribution >= 4 is 20.5 Å². The Morgan fingerprint density at radius 3 is 1.38 bits per heavy atom. The molecule has 0 saturated carbocycles. The van der Waals surface area contributed by atoms with Crippen LogP contribution < -0.4 is 0 Å². The first-order valence-corrected chi connectivity index (χ1v) is 7.35. The van der Waals surface area contributed by atoms with E-state index < -0.39 is 5.97 Å². The molecule has 3 nitrogen and oxygen atoms in total. The molecule has 0 rings (SSSR count). The summed E-state index contributed by atoms with van der Waals surface area (Å²) in [5.41, 5.74) is 0. The summed E-state index contributed by atoms with van der Waals surface area (Å²) in [5, 5.41) is 0.465. The molecule has 0 radical (unpaired) electrons. The maximum atomic E-state index is 5.60. The molecule has 0 aromatic rings. The van der Waals surface area contributed by atoms with Gasteiger partial charge < -0.3 is 14.2 Å². The quantitative estimate of drug-likeness (QED) is 0.418. The third kappa shape index (κ3) is 3.91. The minimum Gasteiger partial charge on any atom is -0.328 e. The summed E-state index contributed by atoms with van der Waals surface area (Å²) in [6.07, 6.45) is 0. The normalized spacial score (nSPS) is 15.0. The summed E-state index contributed by atoms with van der Waals surface area (Å²) in [4.78, 5) is 0. The van der Waals surface area contributed by atoms with Crippen molar-refractivity contribution in [2.45, 2.75) is 31.9 Å². The molecule has 0 saturated heterocycles. The molecule has 5 heteroatoms. The van der Waals surface area contributed by atoms with E-state index in [0.717, 1.165) is 20.5 Å². The molecule has 0 N–H and O–H groups in total. The Bertz CT molecular complexity index is 114. The third-order valence-corrected chi connectivity index (χ3v) is 3.16. The second kappa shape index (κ2) is 6.72. The van der Waals surface area contributed by atoms with E-state index in [1.54, 1.807) is 0 Å². The Morgan fingerprint density at radius 1 is 0.923 bits per heavy atom. The zero-order valence-corrected chi connectivity index (χ0v) is 13.4. The van der Waals surface area contributed by atoms with Gasteiger partial charge in [0.05, 0.1) is 0 Å². The van der Waals surface area contributed by atoms with E-state index in [0.29, 0.717) is 25.0 Å². The van der Waals surface area contributed by atoms with Crippen LogP contribution in [0.2, 0.25) is 5.16 Å². The molecule has 0 aliphatic rings. The van der Waals surface area contributed by atoms with E-state index >= 15 is 0 Å². The van der Waals surface area contributed by atoms with Crippen molar-refractivity contribution in [1.82, 2.24) is 0 Å². The second-order valence-corrected chi connectivity index (χ2v) is 8.83. The van der Waals surface area contributed by atoms with Crippen LogP contribution in [-0.2, 0) is 14.2 Å². The molecule has 0 aliphatic carbocycles. The highest BCUT2D eigenvalue weighted by Crippen LogP contribution is 2.25. The predicted molar refractivity (Wildman–Crippen MR) is 61.2 cm³/mol. The van der Waals surface area contributed by atoms with E-state index in [4.69, 9.17) is 14.2 Å². The molecule has 0 aromatic carbocycles. The lowest BCUT2D eigenvalue weighted by atomic mass is 10.5. The van der Waals surface area contributed by atoms with E-state index in [-0.39, 0.29) is 0 Å². The van der Waals surface area contributed by atoms with Crippen molar-refractivity contribution in [2.75, 3.05) is 19.8 Å². The van der Waals surface area contributed by atoms with E-state index in [1.807, 2.05) is 20.8 Å². The predicted octanol–water partition coefficient (Wildman–Crippen LogP) is -0.774. The number of ether oxygens (including phenoxy) is 3. The summed E-state index contributed by atoms with van der Waals surface area (Å²) in [5.74, 6) is -0.726. The van der Waals surface area contributed by atoms with Crippen LogP contribution in [0, 0.1) is 0 Å². The van der Waals surface area contributed by atoms with E-state index in [1.165, 1.54) is 0 Å². The second-order valence-electron chi connectivity index (χ2n) is 3.06. The fourth-order valence-corrected chi connectivity index (χ4v) is 2.23. The van der Waals surface area contributed by atoms with Crippen LogP contribution in [0.15, 0.2) is 0 Å².